The van der Waals surface area contributed by atoms with Crippen LogP contribution in [-0.4, -0.2) is 13.1 Å². The molecule has 3 rings (SSSR count). The van der Waals surface area contributed by atoms with Crippen molar-refractivity contribution in [1.29, 1.82) is 0 Å². The van der Waals surface area contributed by atoms with Crippen molar-refractivity contribution in [3.05, 3.63) is 65.9 Å². The molecule has 0 aliphatic carbocycles. The van der Waals surface area contributed by atoms with E-state index in [1.165, 1.54) is 17.8 Å². The van der Waals surface area contributed by atoms with E-state index in [9.17, 15) is 4.79 Å². The van der Waals surface area contributed by atoms with E-state index < -0.39 is 0 Å². The van der Waals surface area contributed by atoms with Crippen molar-refractivity contribution >= 4 is 29.0 Å². The number of hydrogen-bond donors (Lipinski definition) is 0. The zero-order valence-corrected chi connectivity index (χ0v) is 17.1. The number of aromatic nitrogens is 1. The average molecular weight is 461 g/mol. The molecule has 134 valence electrons. The first-order valence-corrected chi connectivity index (χ1v) is 8.01. The minimum atomic E-state index is -0.371. The summed E-state index contributed by atoms with van der Waals surface area (Å²) in [7, 11) is 3.60. The molecule has 26 heavy (non-hydrogen) atoms. The van der Waals surface area contributed by atoms with Crippen molar-refractivity contribution in [3.63, 3.8) is 0 Å². The van der Waals surface area contributed by atoms with Gasteiger partial charge in [0.15, 0.2) is 11.5 Å². The fourth-order valence-corrected chi connectivity index (χ4v) is 2.74. The van der Waals surface area contributed by atoms with Crippen LogP contribution in [0.3, 0.4) is 0 Å². The first-order chi connectivity index (χ1) is 12.1. The van der Waals surface area contributed by atoms with Crippen LogP contribution in [0, 0.1) is 0 Å². The number of para-hydroxylation sites is 1. The minimum absolute atomic E-state index is 0. The lowest BCUT2D eigenvalue weighted by Crippen LogP contribution is -3.00. The average Bonchev–Trinajstić information content (AvgIpc) is 2.62. The SMILES string of the molecule is COc1cc(/C=C/c2ccc3ccccc3[n+]2C)ccc1OC(C)=O.[I-]. The number of ether oxygens (including phenoxy) is 2. The van der Waals surface area contributed by atoms with Crippen LogP contribution in [0.25, 0.3) is 23.1 Å². The highest BCUT2D eigenvalue weighted by Gasteiger charge is 2.09. The summed E-state index contributed by atoms with van der Waals surface area (Å²) in [4.78, 5) is 11.1. The number of benzene rings is 2. The van der Waals surface area contributed by atoms with Gasteiger partial charge in [0, 0.05) is 30.5 Å². The molecular weight excluding hydrogens is 441 g/mol. The molecule has 0 saturated carbocycles. The van der Waals surface area contributed by atoms with Gasteiger partial charge in [0.25, 0.3) is 0 Å². The number of pyridine rings is 1. The number of aryl methyl sites for hydroxylation is 1. The van der Waals surface area contributed by atoms with E-state index in [1.807, 2.05) is 43.5 Å². The predicted octanol–water partition coefficient (Wildman–Crippen LogP) is 0.773. The largest absolute Gasteiger partial charge is 1.00 e. The molecule has 0 radical (unpaired) electrons. The molecule has 0 aliphatic heterocycles. The second-order valence-corrected chi connectivity index (χ2v) is 5.71. The van der Waals surface area contributed by atoms with Gasteiger partial charge >= 0.3 is 5.97 Å². The Morgan fingerprint density at radius 3 is 2.50 bits per heavy atom. The van der Waals surface area contributed by atoms with E-state index in [0.717, 1.165) is 11.3 Å². The van der Waals surface area contributed by atoms with Crippen LogP contribution in [0.4, 0.5) is 0 Å². The van der Waals surface area contributed by atoms with Crippen LogP contribution in [-0.2, 0) is 11.8 Å². The maximum absolute atomic E-state index is 11.1. The highest BCUT2D eigenvalue weighted by molar-refractivity contribution is 5.77. The van der Waals surface area contributed by atoms with E-state index >= 15 is 0 Å². The fraction of sp³-hybridized carbons (Fsp3) is 0.143. The Morgan fingerprint density at radius 1 is 1.00 bits per heavy atom. The van der Waals surface area contributed by atoms with Gasteiger partial charge in [-0.2, -0.15) is 4.57 Å². The zero-order chi connectivity index (χ0) is 17.8. The second-order valence-electron chi connectivity index (χ2n) is 5.71. The first kappa shape index (κ1) is 19.9. The van der Waals surface area contributed by atoms with Crippen LogP contribution in [0.15, 0.2) is 54.6 Å². The van der Waals surface area contributed by atoms with Crippen LogP contribution < -0.4 is 38.0 Å². The van der Waals surface area contributed by atoms with Gasteiger partial charge in [-0.3, -0.25) is 4.79 Å². The zero-order valence-electron chi connectivity index (χ0n) is 14.9. The van der Waals surface area contributed by atoms with Crippen LogP contribution >= 0.6 is 0 Å². The van der Waals surface area contributed by atoms with Crippen LogP contribution in [0.1, 0.15) is 18.2 Å². The predicted molar refractivity (Wildman–Crippen MR) is 98.4 cm³/mol. The fourth-order valence-electron chi connectivity index (χ4n) is 2.74. The highest BCUT2D eigenvalue weighted by atomic mass is 127. The quantitative estimate of drug-likeness (QED) is 0.250. The van der Waals surface area contributed by atoms with Crippen molar-refractivity contribution in [2.24, 2.45) is 7.05 Å². The lowest BCUT2D eigenvalue weighted by molar-refractivity contribution is -0.646. The number of carbonyl (C=O) groups excluding carboxylic acids is 1. The monoisotopic (exact) mass is 461 g/mol. The highest BCUT2D eigenvalue weighted by Crippen LogP contribution is 2.28. The third-order valence-corrected chi connectivity index (χ3v) is 4.01. The Morgan fingerprint density at radius 2 is 1.77 bits per heavy atom. The van der Waals surface area contributed by atoms with Crippen molar-refractivity contribution in [1.82, 2.24) is 0 Å². The molecule has 0 atom stereocenters. The molecule has 1 aromatic heterocycles. The molecule has 0 unspecified atom stereocenters. The lowest BCUT2D eigenvalue weighted by atomic mass is 10.1. The van der Waals surface area contributed by atoms with Gasteiger partial charge in [-0.15, -0.1) is 0 Å². The van der Waals surface area contributed by atoms with Crippen LogP contribution in [0.2, 0.25) is 0 Å². The van der Waals surface area contributed by atoms with Crippen LogP contribution in [0.5, 0.6) is 11.5 Å². The van der Waals surface area contributed by atoms with Gasteiger partial charge in [0.1, 0.15) is 7.05 Å². The molecule has 0 amide bonds. The summed E-state index contributed by atoms with van der Waals surface area (Å²) in [6.07, 6.45) is 4.05. The Balaban J connectivity index is 0.00000243. The molecule has 0 spiro atoms. The van der Waals surface area contributed by atoms with E-state index in [-0.39, 0.29) is 29.9 Å². The normalized spacial score (nSPS) is 10.6. The molecule has 0 saturated heterocycles. The molecule has 4 nitrogen and oxygen atoms in total. The van der Waals surface area contributed by atoms with E-state index in [0.29, 0.717) is 11.5 Å². The molecule has 0 fully saturated rings. The van der Waals surface area contributed by atoms with Gasteiger partial charge < -0.3 is 33.5 Å². The first-order valence-electron chi connectivity index (χ1n) is 8.01. The Kier molecular flexibility index (Phi) is 6.74. The minimum Gasteiger partial charge on any atom is -1.00 e. The van der Waals surface area contributed by atoms with Gasteiger partial charge in [0.2, 0.25) is 11.2 Å². The molecule has 0 N–H and O–H groups in total. The van der Waals surface area contributed by atoms with E-state index in [2.05, 4.69) is 28.8 Å². The number of fused-ring (bicyclic) bond motifs is 1. The third-order valence-electron chi connectivity index (χ3n) is 4.01. The summed E-state index contributed by atoms with van der Waals surface area (Å²) >= 11 is 0. The molecule has 2 aromatic carbocycles. The van der Waals surface area contributed by atoms with Crippen molar-refractivity contribution < 1.29 is 42.8 Å². The Labute approximate surface area is 170 Å². The third kappa shape index (κ3) is 4.40. The number of rotatable bonds is 4. The number of methoxy groups -OCH3 is 1. The molecule has 3 aromatic rings. The Hall–Kier alpha value is -2.41. The van der Waals surface area contributed by atoms with Crippen molar-refractivity contribution in [2.75, 3.05) is 7.11 Å². The lowest BCUT2D eigenvalue weighted by Gasteiger charge is -2.08. The summed E-state index contributed by atoms with van der Waals surface area (Å²) in [6.45, 7) is 1.37. The number of halogens is 1. The van der Waals surface area contributed by atoms with Gasteiger partial charge in [-0.25, -0.2) is 0 Å². The maximum Gasteiger partial charge on any atom is 0.308 e. The summed E-state index contributed by atoms with van der Waals surface area (Å²) in [6, 6.07) is 17.9. The standard InChI is InChI=1S/C21H20NO3.HI/c1-15(23)25-20-13-9-16(14-21(20)24-3)8-11-18-12-10-17-6-4-5-7-19(17)22(18)2;/h4-14H,1-3H3;1H/q+1;/p-1/b11-8+;. The molecule has 0 bridgehead atoms. The summed E-state index contributed by atoms with van der Waals surface area (Å²) in [5.41, 5.74) is 3.22. The molecular formula is C21H20INO3. The molecule has 0 aliphatic rings. The number of nitrogens with zero attached hydrogens (tertiary/aromatic N) is 1. The number of esters is 1. The topological polar surface area (TPSA) is 39.4 Å². The summed E-state index contributed by atoms with van der Waals surface area (Å²) in [5.74, 6) is 0.577. The van der Waals surface area contributed by atoms with Crippen molar-refractivity contribution in [2.45, 2.75) is 6.92 Å². The summed E-state index contributed by atoms with van der Waals surface area (Å²) in [5, 5.41) is 1.20. The second kappa shape index (κ2) is 8.80. The van der Waals surface area contributed by atoms with E-state index in [4.69, 9.17) is 9.47 Å². The van der Waals surface area contributed by atoms with Crippen molar-refractivity contribution in [3.8, 4) is 11.5 Å². The number of carbonyl (C=O) groups is 1. The molecule has 5 heteroatoms. The smallest absolute Gasteiger partial charge is 0.308 e. The van der Waals surface area contributed by atoms with E-state index in [1.54, 1.807) is 13.2 Å². The maximum atomic E-state index is 11.1. The number of hydrogen-bond acceptors (Lipinski definition) is 3. The molecule has 1 heterocycles. The van der Waals surface area contributed by atoms with Gasteiger partial charge in [0.05, 0.1) is 7.11 Å². The Bertz CT molecular complexity index is 967. The summed E-state index contributed by atoms with van der Waals surface area (Å²) < 4.78 is 12.6. The van der Waals surface area contributed by atoms with Gasteiger partial charge in [-0.05, 0) is 35.9 Å². The van der Waals surface area contributed by atoms with Gasteiger partial charge in [-0.1, -0.05) is 18.2 Å².